The van der Waals surface area contributed by atoms with E-state index in [0.717, 1.165) is 129 Å². The first-order valence-electron chi connectivity index (χ1n) is 42.3. The van der Waals surface area contributed by atoms with Crippen LogP contribution in [-0.2, 0) is 19.2 Å². The van der Waals surface area contributed by atoms with E-state index in [1.165, 1.54) is 295 Å². The Kier molecular flexibility index (Phi) is 74.9. The van der Waals surface area contributed by atoms with Crippen molar-refractivity contribution in [3.05, 3.63) is 12.3 Å². The van der Waals surface area contributed by atoms with E-state index in [4.69, 9.17) is 0 Å². The van der Waals surface area contributed by atoms with E-state index in [9.17, 15) is 19.2 Å². The molecule has 0 saturated heterocycles. The SMILES string of the molecule is C=C(CCN(CCCN(CCCCN(CCC(=O)NCCCCCCCCCCCC)CCC(=O)NCCCCCCCCCCCC)CCC(=O)NCCCCCCCCCCCC)CCC(=O)NCCCCCCCCCCCC)NCCCCCCCCCCCC. The topological polar surface area (TPSA) is 138 Å². The third-order valence-corrected chi connectivity index (χ3v) is 19.8. The quantitative estimate of drug-likeness (QED) is 0.0380. The fourth-order valence-corrected chi connectivity index (χ4v) is 13.2. The zero-order chi connectivity index (χ0) is 69.1. The molecule has 0 unspecified atom stereocenters. The van der Waals surface area contributed by atoms with Gasteiger partial charge in [0.2, 0.25) is 23.6 Å². The number of carbonyl (C=O) groups excluding carboxylic acids is 4. The maximum absolute atomic E-state index is 13.4. The smallest absolute Gasteiger partial charge is 0.221 e. The zero-order valence-electron chi connectivity index (χ0n) is 64.6. The summed E-state index contributed by atoms with van der Waals surface area (Å²) in [5.41, 5.74) is 1.09. The molecule has 12 nitrogen and oxygen atoms in total. The molecule has 0 bridgehead atoms. The van der Waals surface area contributed by atoms with Crippen molar-refractivity contribution in [2.45, 2.75) is 407 Å². The molecule has 0 saturated carbocycles. The first-order valence-corrected chi connectivity index (χ1v) is 42.3. The van der Waals surface area contributed by atoms with Crippen LogP contribution in [0.15, 0.2) is 12.3 Å². The molecular weight excluding hydrogens is 1170 g/mol. The molecule has 0 aliphatic carbocycles. The maximum atomic E-state index is 13.4. The number of hydrogen-bond donors (Lipinski definition) is 5. The third-order valence-electron chi connectivity index (χ3n) is 19.8. The summed E-state index contributed by atoms with van der Waals surface area (Å²) >= 11 is 0. The highest BCUT2D eigenvalue weighted by Crippen LogP contribution is 2.16. The number of nitrogens with zero attached hydrogens (tertiary/aromatic N) is 3. The summed E-state index contributed by atoms with van der Waals surface area (Å²) < 4.78 is 0. The van der Waals surface area contributed by atoms with E-state index in [-0.39, 0.29) is 23.6 Å². The molecule has 0 heterocycles. The van der Waals surface area contributed by atoms with Crippen molar-refractivity contribution in [2.24, 2.45) is 0 Å². The van der Waals surface area contributed by atoms with Gasteiger partial charge in [0, 0.05) is 96.8 Å². The number of carbonyl (C=O) groups is 4. The summed E-state index contributed by atoms with van der Waals surface area (Å²) in [6.45, 7) is 26.9. The maximum Gasteiger partial charge on any atom is 0.221 e. The van der Waals surface area contributed by atoms with E-state index < -0.39 is 0 Å². The van der Waals surface area contributed by atoms with Crippen LogP contribution in [-0.4, -0.2) is 130 Å². The standard InChI is InChI=1S/C83H166N8O4/c1-7-12-17-22-27-32-37-42-47-52-65-84-79(6)60-74-91(78-64-83(95)88-69-56-51-46-41-36-31-26-21-16-11-5)73-59-72-89(75-61-80(92)85-66-53-48-43-38-33-28-23-18-13-8-2)70-57-58-71-90(76-62-81(93)86-67-54-49-44-39-34-29-24-19-14-9-3)77-63-82(94)87-68-55-50-45-40-35-30-25-20-15-10-4/h84H,6-78H2,1-5H3,(H,85,92)(H,86,93)(H,87,94)(H,88,95). The van der Waals surface area contributed by atoms with Crippen LogP contribution in [0.4, 0.5) is 0 Å². The molecule has 0 fully saturated rings. The number of hydrogen-bond acceptors (Lipinski definition) is 8. The Bertz CT molecular complexity index is 1550. The Labute approximate surface area is 592 Å². The van der Waals surface area contributed by atoms with Crippen LogP contribution in [0.2, 0.25) is 0 Å². The molecular formula is C83H166N8O4. The average Bonchev–Trinajstić information content (AvgIpc) is 3.28. The van der Waals surface area contributed by atoms with E-state index >= 15 is 0 Å². The molecule has 0 atom stereocenters. The normalized spacial score (nSPS) is 11.6. The Balaban J connectivity index is 5.84. The van der Waals surface area contributed by atoms with Crippen molar-refractivity contribution in [3.8, 4) is 0 Å². The second-order valence-electron chi connectivity index (χ2n) is 29.2. The Hall–Kier alpha value is -2.70. The Morgan fingerprint density at radius 3 is 0.589 bits per heavy atom. The minimum Gasteiger partial charge on any atom is -0.389 e. The predicted octanol–water partition coefficient (Wildman–Crippen LogP) is 21.2. The minimum atomic E-state index is 0.109. The molecule has 0 aliphatic heterocycles. The largest absolute Gasteiger partial charge is 0.389 e. The van der Waals surface area contributed by atoms with Crippen LogP contribution in [0.3, 0.4) is 0 Å². The highest BCUT2D eigenvalue weighted by atomic mass is 16.2. The summed E-state index contributed by atoms with van der Waals surface area (Å²) in [5, 5.41) is 16.6. The lowest BCUT2D eigenvalue weighted by Crippen LogP contribution is -2.37. The minimum absolute atomic E-state index is 0.109. The molecule has 562 valence electrons. The molecule has 0 aromatic rings. The van der Waals surface area contributed by atoms with Crippen molar-refractivity contribution in [1.29, 1.82) is 0 Å². The predicted molar refractivity (Wildman–Crippen MR) is 415 cm³/mol. The zero-order valence-corrected chi connectivity index (χ0v) is 64.6. The third kappa shape index (κ3) is 72.4. The van der Waals surface area contributed by atoms with Crippen LogP contribution in [0.25, 0.3) is 0 Å². The van der Waals surface area contributed by atoms with Gasteiger partial charge in [0.05, 0.1) is 0 Å². The summed E-state index contributed by atoms with van der Waals surface area (Å²) in [6, 6.07) is 0. The molecule has 0 aromatic carbocycles. The summed E-state index contributed by atoms with van der Waals surface area (Å²) in [7, 11) is 0. The Morgan fingerprint density at radius 2 is 0.368 bits per heavy atom. The molecule has 95 heavy (non-hydrogen) atoms. The van der Waals surface area contributed by atoms with Gasteiger partial charge in [-0.1, -0.05) is 330 Å². The van der Waals surface area contributed by atoms with Gasteiger partial charge in [-0.2, -0.15) is 0 Å². The Morgan fingerprint density at radius 1 is 0.200 bits per heavy atom. The van der Waals surface area contributed by atoms with Gasteiger partial charge < -0.3 is 41.3 Å². The van der Waals surface area contributed by atoms with Gasteiger partial charge in [0.25, 0.3) is 0 Å². The van der Waals surface area contributed by atoms with Crippen molar-refractivity contribution in [1.82, 2.24) is 41.3 Å². The van der Waals surface area contributed by atoms with Gasteiger partial charge in [-0.05, 0) is 84.0 Å². The second-order valence-corrected chi connectivity index (χ2v) is 29.2. The molecule has 5 N–H and O–H groups in total. The first kappa shape index (κ1) is 92.3. The van der Waals surface area contributed by atoms with Gasteiger partial charge >= 0.3 is 0 Å². The number of nitrogens with one attached hydrogen (secondary N) is 5. The van der Waals surface area contributed by atoms with Crippen LogP contribution in [0.1, 0.15) is 407 Å². The molecule has 4 amide bonds. The first-order chi connectivity index (χ1) is 46.7. The lowest BCUT2D eigenvalue weighted by molar-refractivity contribution is -0.122. The highest BCUT2D eigenvalue weighted by Gasteiger charge is 2.16. The summed E-state index contributed by atoms with van der Waals surface area (Å²) in [4.78, 5) is 60.5. The number of amides is 4. The van der Waals surface area contributed by atoms with Crippen LogP contribution < -0.4 is 26.6 Å². The fourth-order valence-electron chi connectivity index (χ4n) is 13.2. The van der Waals surface area contributed by atoms with E-state index in [1.807, 2.05) is 0 Å². The summed E-state index contributed by atoms with van der Waals surface area (Å²) in [5.74, 6) is 0.512. The molecule has 0 rings (SSSR count). The number of rotatable bonds is 80. The molecule has 0 spiro atoms. The molecule has 0 aliphatic rings. The molecule has 0 aromatic heterocycles. The molecule has 0 radical (unpaired) electrons. The lowest BCUT2D eigenvalue weighted by Gasteiger charge is -2.27. The van der Waals surface area contributed by atoms with E-state index in [2.05, 4.69) is 82.5 Å². The fraction of sp³-hybridized carbons (Fsp3) is 0.928. The van der Waals surface area contributed by atoms with E-state index in [1.54, 1.807) is 0 Å². The summed E-state index contributed by atoms with van der Waals surface area (Å²) in [6.07, 6.45) is 70.2. The lowest BCUT2D eigenvalue weighted by atomic mass is 10.1. The van der Waals surface area contributed by atoms with Crippen LogP contribution in [0, 0.1) is 0 Å². The van der Waals surface area contributed by atoms with Crippen molar-refractivity contribution in [2.75, 3.05) is 91.6 Å². The van der Waals surface area contributed by atoms with Gasteiger partial charge in [0.1, 0.15) is 0 Å². The van der Waals surface area contributed by atoms with Crippen LogP contribution >= 0.6 is 0 Å². The van der Waals surface area contributed by atoms with Crippen molar-refractivity contribution < 1.29 is 19.2 Å². The van der Waals surface area contributed by atoms with Crippen molar-refractivity contribution >= 4 is 23.6 Å². The second kappa shape index (κ2) is 77.0. The highest BCUT2D eigenvalue weighted by molar-refractivity contribution is 5.77. The van der Waals surface area contributed by atoms with Gasteiger partial charge in [-0.3, -0.25) is 19.2 Å². The van der Waals surface area contributed by atoms with Crippen LogP contribution in [0.5, 0.6) is 0 Å². The number of unbranched alkanes of at least 4 members (excludes halogenated alkanes) is 46. The van der Waals surface area contributed by atoms with E-state index in [0.29, 0.717) is 45.3 Å². The van der Waals surface area contributed by atoms with Gasteiger partial charge in [-0.15, -0.1) is 0 Å². The average molecular weight is 1340 g/mol. The molecule has 12 heteroatoms. The monoisotopic (exact) mass is 1340 g/mol. The van der Waals surface area contributed by atoms with Gasteiger partial charge in [-0.25, -0.2) is 0 Å². The van der Waals surface area contributed by atoms with Gasteiger partial charge in [0.15, 0.2) is 0 Å². The van der Waals surface area contributed by atoms with Crippen molar-refractivity contribution in [3.63, 3.8) is 0 Å².